The van der Waals surface area contributed by atoms with Crippen molar-refractivity contribution >= 4 is 28.1 Å². The molecule has 1 aromatic carbocycles. The summed E-state index contributed by atoms with van der Waals surface area (Å²) in [4.78, 5) is 27.2. The largest absolute Gasteiger partial charge is 0.468 e. The number of non-ortho nitro benzene ring substituents is 1. The number of aryl methyl sites for hydroxylation is 1. The van der Waals surface area contributed by atoms with Crippen LogP contribution in [0.5, 0.6) is 0 Å². The van der Waals surface area contributed by atoms with E-state index in [1.54, 1.807) is 12.1 Å². The summed E-state index contributed by atoms with van der Waals surface area (Å²) in [6.45, 7) is 2.16. The molecule has 0 bridgehead atoms. The van der Waals surface area contributed by atoms with Crippen molar-refractivity contribution in [1.82, 2.24) is 4.98 Å². The molecule has 0 aliphatic heterocycles. The monoisotopic (exact) mass is 349 g/mol. The predicted octanol–water partition coefficient (Wildman–Crippen LogP) is 3.18. The number of aromatic nitrogens is 1. The molecule has 0 fully saturated rings. The van der Waals surface area contributed by atoms with Crippen molar-refractivity contribution in [2.75, 3.05) is 19.0 Å². The first-order valence-electron chi connectivity index (χ1n) is 7.56. The zero-order chi connectivity index (χ0) is 17.5. The van der Waals surface area contributed by atoms with Gasteiger partial charge in [-0.05, 0) is 12.0 Å². The van der Waals surface area contributed by atoms with E-state index in [1.165, 1.54) is 30.6 Å². The smallest absolute Gasteiger partial charge is 0.325 e. The number of rotatable bonds is 8. The number of anilines is 1. The molecule has 24 heavy (non-hydrogen) atoms. The average Bonchev–Trinajstić information content (AvgIpc) is 2.95. The molecule has 0 radical (unpaired) electrons. The number of methoxy groups -OCH3 is 1. The molecule has 0 aliphatic rings. The maximum Gasteiger partial charge on any atom is 0.325 e. The van der Waals surface area contributed by atoms with Gasteiger partial charge in [0.1, 0.15) is 6.54 Å². The number of benzene rings is 1. The predicted molar refractivity (Wildman–Crippen MR) is 92.5 cm³/mol. The van der Waals surface area contributed by atoms with Gasteiger partial charge in [-0.3, -0.25) is 14.9 Å². The average molecular weight is 349 g/mol. The molecule has 0 aliphatic carbocycles. The van der Waals surface area contributed by atoms with Crippen molar-refractivity contribution in [3.05, 3.63) is 50.5 Å². The lowest BCUT2D eigenvalue weighted by Crippen LogP contribution is -2.14. The van der Waals surface area contributed by atoms with Crippen LogP contribution in [0.1, 0.15) is 29.5 Å². The second-order valence-electron chi connectivity index (χ2n) is 5.17. The van der Waals surface area contributed by atoms with Crippen molar-refractivity contribution in [3.63, 3.8) is 0 Å². The topological polar surface area (TPSA) is 94.4 Å². The summed E-state index contributed by atoms with van der Waals surface area (Å²) in [7, 11) is 1.34. The Labute approximate surface area is 143 Å². The minimum absolute atomic E-state index is 0.0759. The number of hydrogen-bond acceptors (Lipinski definition) is 7. The Balaban J connectivity index is 2.13. The van der Waals surface area contributed by atoms with Crippen LogP contribution in [-0.4, -0.2) is 29.5 Å². The van der Waals surface area contributed by atoms with Gasteiger partial charge < -0.3 is 10.1 Å². The van der Waals surface area contributed by atoms with Gasteiger partial charge in [-0.1, -0.05) is 25.5 Å². The Hall–Kier alpha value is -2.48. The van der Waals surface area contributed by atoms with E-state index in [9.17, 15) is 14.9 Å². The Morgan fingerprint density at radius 3 is 2.67 bits per heavy atom. The Morgan fingerprint density at radius 2 is 2.08 bits per heavy atom. The number of nitrogens with zero attached hydrogens (tertiary/aromatic N) is 2. The van der Waals surface area contributed by atoms with Gasteiger partial charge in [-0.15, -0.1) is 11.3 Å². The van der Waals surface area contributed by atoms with Crippen LogP contribution in [0.2, 0.25) is 0 Å². The minimum Gasteiger partial charge on any atom is -0.468 e. The third-order valence-corrected chi connectivity index (χ3v) is 4.44. The first kappa shape index (κ1) is 17.9. The standard InChI is InChI=1S/C16H19N3O4S/c1-3-4-13-14(24-16(18-13)17-10-15(20)23-2)9-11-5-7-12(8-6-11)19(21)22/h5-8H,3-4,9-10H2,1-2H3,(H,17,18). The molecule has 0 atom stereocenters. The quantitative estimate of drug-likeness (QED) is 0.447. The Kier molecular flexibility index (Phi) is 6.25. The van der Waals surface area contributed by atoms with Gasteiger partial charge >= 0.3 is 5.97 Å². The van der Waals surface area contributed by atoms with E-state index in [1.807, 2.05) is 0 Å². The minimum atomic E-state index is -0.409. The number of nitrogens with one attached hydrogen (secondary N) is 1. The molecule has 2 rings (SSSR count). The lowest BCUT2D eigenvalue weighted by molar-refractivity contribution is -0.384. The summed E-state index contributed by atoms with van der Waals surface area (Å²) in [6.07, 6.45) is 2.47. The highest BCUT2D eigenvalue weighted by Gasteiger charge is 2.13. The van der Waals surface area contributed by atoms with Crippen LogP contribution >= 0.6 is 11.3 Å². The number of hydrogen-bond donors (Lipinski definition) is 1. The van der Waals surface area contributed by atoms with Crippen molar-refractivity contribution in [1.29, 1.82) is 0 Å². The SMILES string of the molecule is CCCc1nc(NCC(=O)OC)sc1Cc1ccc([N+](=O)[O-])cc1. The fourth-order valence-electron chi connectivity index (χ4n) is 2.17. The number of ether oxygens (including phenoxy) is 1. The summed E-state index contributed by atoms with van der Waals surface area (Å²) < 4.78 is 4.60. The third kappa shape index (κ3) is 4.76. The third-order valence-electron chi connectivity index (χ3n) is 3.39. The van der Waals surface area contributed by atoms with Crippen LogP contribution in [0.3, 0.4) is 0 Å². The van der Waals surface area contributed by atoms with Gasteiger partial charge in [0.25, 0.3) is 5.69 Å². The lowest BCUT2D eigenvalue weighted by atomic mass is 10.1. The van der Waals surface area contributed by atoms with E-state index in [0.717, 1.165) is 29.0 Å². The summed E-state index contributed by atoms with van der Waals surface area (Å²) in [5, 5.41) is 14.4. The zero-order valence-corrected chi connectivity index (χ0v) is 14.4. The molecular weight excluding hydrogens is 330 g/mol. The normalized spacial score (nSPS) is 10.4. The van der Waals surface area contributed by atoms with E-state index in [4.69, 9.17) is 0 Å². The number of thiazole rings is 1. The molecule has 1 aromatic heterocycles. The van der Waals surface area contributed by atoms with Crippen LogP contribution < -0.4 is 5.32 Å². The summed E-state index contributed by atoms with van der Waals surface area (Å²) >= 11 is 1.49. The molecule has 0 amide bonds. The van der Waals surface area contributed by atoms with Crippen molar-refractivity contribution in [2.24, 2.45) is 0 Å². The van der Waals surface area contributed by atoms with E-state index >= 15 is 0 Å². The van der Waals surface area contributed by atoms with E-state index < -0.39 is 4.92 Å². The van der Waals surface area contributed by atoms with E-state index in [-0.39, 0.29) is 18.2 Å². The molecule has 0 spiro atoms. The summed E-state index contributed by atoms with van der Waals surface area (Å²) in [6, 6.07) is 6.53. The maximum atomic E-state index is 11.2. The molecule has 7 nitrogen and oxygen atoms in total. The van der Waals surface area contributed by atoms with Gasteiger partial charge in [0.2, 0.25) is 0 Å². The molecule has 8 heteroatoms. The molecule has 0 saturated heterocycles. The molecule has 2 aromatic rings. The van der Waals surface area contributed by atoms with E-state index in [2.05, 4.69) is 22.0 Å². The van der Waals surface area contributed by atoms with Crippen molar-refractivity contribution in [2.45, 2.75) is 26.2 Å². The van der Waals surface area contributed by atoms with Crippen molar-refractivity contribution < 1.29 is 14.5 Å². The number of esters is 1. The van der Waals surface area contributed by atoms with Gasteiger partial charge in [0.15, 0.2) is 5.13 Å². The molecule has 128 valence electrons. The number of carbonyl (C=O) groups excluding carboxylic acids is 1. The Morgan fingerprint density at radius 1 is 1.38 bits per heavy atom. The number of nitro benzene ring substituents is 1. The van der Waals surface area contributed by atoms with Crippen molar-refractivity contribution in [3.8, 4) is 0 Å². The lowest BCUT2D eigenvalue weighted by Gasteiger charge is -2.01. The fourth-order valence-corrected chi connectivity index (χ4v) is 3.21. The summed E-state index contributed by atoms with van der Waals surface area (Å²) in [5.74, 6) is -0.348. The fraction of sp³-hybridized carbons (Fsp3) is 0.375. The van der Waals surface area contributed by atoms with Crippen LogP contribution in [0.15, 0.2) is 24.3 Å². The molecule has 1 heterocycles. The zero-order valence-electron chi connectivity index (χ0n) is 13.6. The Bertz CT molecular complexity index is 713. The molecule has 1 N–H and O–H groups in total. The maximum absolute atomic E-state index is 11.2. The van der Waals surface area contributed by atoms with Gasteiger partial charge in [-0.25, -0.2) is 4.98 Å². The van der Waals surface area contributed by atoms with Crippen LogP contribution in [-0.2, 0) is 22.4 Å². The molecule has 0 saturated carbocycles. The van der Waals surface area contributed by atoms with Crippen LogP contribution in [0.4, 0.5) is 10.8 Å². The molecular formula is C16H19N3O4S. The second-order valence-corrected chi connectivity index (χ2v) is 6.25. The number of carbonyl (C=O) groups is 1. The molecule has 0 unspecified atom stereocenters. The highest BCUT2D eigenvalue weighted by Crippen LogP contribution is 2.27. The summed E-state index contributed by atoms with van der Waals surface area (Å²) in [5.41, 5.74) is 2.06. The number of nitro groups is 1. The highest BCUT2D eigenvalue weighted by atomic mass is 32.1. The first-order chi connectivity index (χ1) is 11.5. The van der Waals surface area contributed by atoms with Gasteiger partial charge in [-0.2, -0.15) is 0 Å². The second kappa shape index (κ2) is 8.39. The van der Waals surface area contributed by atoms with Gasteiger partial charge in [0, 0.05) is 23.4 Å². The first-order valence-corrected chi connectivity index (χ1v) is 8.37. The highest BCUT2D eigenvalue weighted by molar-refractivity contribution is 7.15. The van der Waals surface area contributed by atoms with Crippen LogP contribution in [0, 0.1) is 10.1 Å². The van der Waals surface area contributed by atoms with Crippen LogP contribution in [0.25, 0.3) is 0 Å². The van der Waals surface area contributed by atoms with E-state index in [0.29, 0.717) is 11.6 Å². The van der Waals surface area contributed by atoms with Gasteiger partial charge in [0.05, 0.1) is 17.7 Å².